The van der Waals surface area contributed by atoms with E-state index in [0.717, 1.165) is 32.4 Å². The van der Waals surface area contributed by atoms with Gasteiger partial charge in [-0.1, -0.05) is 0 Å². The van der Waals surface area contributed by atoms with Gasteiger partial charge in [0.15, 0.2) is 0 Å². The fourth-order valence-corrected chi connectivity index (χ4v) is 2.73. The van der Waals surface area contributed by atoms with Gasteiger partial charge < -0.3 is 15.7 Å². The number of carbonyl (C=O) groups excluding carboxylic acids is 1. The van der Waals surface area contributed by atoms with Crippen molar-refractivity contribution in [3.05, 3.63) is 0 Å². The molecule has 1 heterocycles. The Hall–Kier alpha value is -1.10. The van der Waals surface area contributed by atoms with Crippen LogP contribution in [-0.4, -0.2) is 36.1 Å². The van der Waals surface area contributed by atoms with Crippen LogP contribution in [0.15, 0.2) is 0 Å². The van der Waals surface area contributed by atoms with E-state index in [1.54, 1.807) is 0 Å². The molecule has 5 heteroatoms. The number of amides is 1. The quantitative estimate of drug-likeness (QED) is 0.665. The number of hydrogen-bond acceptors (Lipinski definition) is 3. The maximum absolute atomic E-state index is 11.9. The summed E-state index contributed by atoms with van der Waals surface area (Å²) in [5.41, 5.74) is 0. The molecule has 0 bridgehead atoms. The average molecular weight is 240 g/mol. The van der Waals surface area contributed by atoms with E-state index in [0.29, 0.717) is 12.8 Å². The van der Waals surface area contributed by atoms with Crippen LogP contribution in [0.5, 0.6) is 0 Å². The fraction of sp³-hybridized carbons (Fsp3) is 0.833. The highest BCUT2D eigenvalue weighted by atomic mass is 16.4. The van der Waals surface area contributed by atoms with Gasteiger partial charge in [0.1, 0.15) is 0 Å². The van der Waals surface area contributed by atoms with Crippen LogP contribution >= 0.6 is 0 Å². The van der Waals surface area contributed by atoms with Crippen LogP contribution in [0, 0.1) is 11.8 Å². The molecule has 2 rings (SSSR count). The molecule has 0 radical (unpaired) electrons. The molecule has 2 aliphatic rings. The highest BCUT2D eigenvalue weighted by Crippen LogP contribution is 2.26. The Morgan fingerprint density at radius 1 is 1.18 bits per heavy atom. The third-order valence-corrected chi connectivity index (χ3v) is 3.80. The minimum Gasteiger partial charge on any atom is -0.481 e. The maximum atomic E-state index is 11.9. The third kappa shape index (κ3) is 3.19. The molecule has 0 aromatic rings. The summed E-state index contributed by atoms with van der Waals surface area (Å²) in [5, 5.41) is 15.1. The Labute approximate surface area is 101 Å². The van der Waals surface area contributed by atoms with Crippen molar-refractivity contribution >= 4 is 11.9 Å². The molecule has 3 N–H and O–H groups in total. The molecule has 2 unspecified atom stereocenters. The van der Waals surface area contributed by atoms with Crippen molar-refractivity contribution in [1.29, 1.82) is 0 Å². The van der Waals surface area contributed by atoms with Crippen LogP contribution in [0.1, 0.15) is 32.1 Å². The first kappa shape index (κ1) is 12.4. The van der Waals surface area contributed by atoms with Crippen LogP contribution in [-0.2, 0) is 9.59 Å². The molecule has 2 fully saturated rings. The summed E-state index contributed by atoms with van der Waals surface area (Å²) in [6, 6.07) is 0.0607. The van der Waals surface area contributed by atoms with E-state index in [2.05, 4.69) is 10.6 Å². The Morgan fingerprint density at radius 2 is 2.00 bits per heavy atom. The number of rotatable bonds is 3. The second-order valence-corrected chi connectivity index (χ2v) is 5.10. The monoisotopic (exact) mass is 240 g/mol. The molecule has 17 heavy (non-hydrogen) atoms. The predicted octanol–water partition coefficient (Wildman–Crippen LogP) is 0.355. The Kier molecular flexibility index (Phi) is 3.99. The Morgan fingerprint density at radius 3 is 2.59 bits per heavy atom. The zero-order valence-electron chi connectivity index (χ0n) is 9.95. The summed E-state index contributed by atoms with van der Waals surface area (Å²) >= 11 is 0. The molecule has 0 aromatic carbocycles. The molecular formula is C12H20N2O3. The number of nitrogens with one attached hydrogen (secondary N) is 2. The van der Waals surface area contributed by atoms with Crippen LogP contribution in [0.25, 0.3) is 0 Å². The summed E-state index contributed by atoms with van der Waals surface area (Å²) in [6.07, 6.45) is 4.04. The van der Waals surface area contributed by atoms with Gasteiger partial charge in [0, 0.05) is 12.6 Å². The molecular weight excluding hydrogens is 220 g/mol. The topological polar surface area (TPSA) is 78.4 Å². The average Bonchev–Trinajstić information content (AvgIpc) is 2.79. The molecule has 1 saturated heterocycles. The first-order valence-electron chi connectivity index (χ1n) is 6.40. The predicted molar refractivity (Wildman–Crippen MR) is 62.5 cm³/mol. The van der Waals surface area contributed by atoms with Crippen molar-refractivity contribution < 1.29 is 14.7 Å². The number of piperidine rings is 1. The van der Waals surface area contributed by atoms with E-state index >= 15 is 0 Å². The lowest BCUT2D eigenvalue weighted by atomic mass is 9.98. The van der Waals surface area contributed by atoms with E-state index in [9.17, 15) is 9.59 Å². The minimum absolute atomic E-state index is 0.0607. The van der Waals surface area contributed by atoms with Crippen LogP contribution in [0.2, 0.25) is 0 Å². The second-order valence-electron chi connectivity index (χ2n) is 5.10. The minimum atomic E-state index is -0.735. The van der Waals surface area contributed by atoms with E-state index in [4.69, 9.17) is 5.11 Å². The SMILES string of the molecule is O=C(O)C1CCC(NC(=O)[C@@H]2CCCNC2)C1. The molecule has 5 nitrogen and oxygen atoms in total. The number of carboxylic acids is 1. The number of carboxylic acid groups (broad SMARTS) is 1. The van der Waals surface area contributed by atoms with Crippen molar-refractivity contribution in [3.63, 3.8) is 0 Å². The van der Waals surface area contributed by atoms with Gasteiger partial charge >= 0.3 is 5.97 Å². The van der Waals surface area contributed by atoms with Crippen molar-refractivity contribution in [1.82, 2.24) is 10.6 Å². The normalized spacial score (nSPS) is 33.3. The summed E-state index contributed by atoms with van der Waals surface area (Å²) in [5.74, 6) is -0.855. The van der Waals surface area contributed by atoms with Gasteiger partial charge in [0.2, 0.25) is 5.91 Å². The van der Waals surface area contributed by atoms with Gasteiger partial charge in [0.05, 0.1) is 11.8 Å². The maximum Gasteiger partial charge on any atom is 0.306 e. The van der Waals surface area contributed by atoms with Crippen LogP contribution < -0.4 is 10.6 Å². The van der Waals surface area contributed by atoms with Crippen LogP contribution in [0.3, 0.4) is 0 Å². The van der Waals surface area contributed by atoms with Gasteiger partial charge in [-0.15, -0.1) is 0 Å². The van der Waals surface area contributed by atoms with Crippen molar-refractivity contribution in [2.24, 2.45) is 11.8 Å². The lowest BCUT2D eigenvalue weighted by Crippen LogP contribution is -2.43. The highest BCUT2D eigenvalue weighted by Gasteiger charge is 2.32. The zero-order chi connectivity index (χ0) is 12.3. The zero-order valence-corrected chi connectivity index (χ0v) is 9.95. The molecule has 0 aromatic heterocycles. The van der Waals surface area contributed by atoms with Crippen LogP contribution in [0.4, 0.5) is 0 Å². The molecule has 1 aliphatic carbocycles. The molecule has 0 spiro atoms. The first-order chi connectivity index (χ1) is 8.16. The number of aliphatic carboxylic acids is 1. The molecule has 1 amide bonds. The van der Waals surface area contributed by atoms with Gasteiger partial charge in [-0.05, 0) is 38.6 Å². The Balaban J connectivity index is 1.77. The van der Waals surface area contributed by atoms with Gasteiger partial charge in [-0.3, -0.25) is 9.59 Å². The van der Waals surface area contributed by atoms with E-state index < -0.39 is 5.97 Å². The fourth-order valence-electron chi connectivity index (χ4n) is 2.73. The summed E-state index contributed by atoms with van der Waals surface area (Å²) in [7, 11) is 0. The largest absolute Gasteiger partial charge is 0.481 e. The van der Waals surface area contributed by atoms with Crippen molar-refractivity contribution in [3.8, 4) is 0 Å². The van der Waals surface area contributed by atoms with Gasteiger partial charge in [-0.25, -0.2) is 0 Å². The lowest BCUT2D eigenvalue weighted by Gasteiger charge is -2.23. The summed E-state index contributed by atoms with van der Waals surface area (Å²) < 4.78 is 0. The first-order valence-corrected chi connectivity index (χ1v) is 6.40. The third-order valence-electron chi connectivity index (χ3n) is 3.80. The molecule has 1 aliphatic heterocycles. The van der Waals surface area contributed by atoms with Crippen molar-refractivity contribution in [2.45, 2.75) is 38.1 Å². The summed E-state index contributed by atoms with van der Waals surface area (Å²) in [6.45, 7) is 1.75. The van der Waals surface area contributed by atoms with E-state index in [1.807, 2.05) is 0 Å². The second kappa shape index (κ2) is 5.49. The molecule has 1 saturated carbocycles. The van der Waals surface area contributed by atoms with Crippen molar-refractivity contribution in [2.75, 3.05) is 13.1 Å². The number of carbonyl (C=O) groups is 2. The van der Waals surface area contributed by atoms with Gasteiger partial charge in [-0.2, -0.15) is 0 Å². The number of hydrogen-bond donors (Lipinski definition) is 3. The van der Waals surface area contributed by atoms with E-state index in [-0.39, 0.29) is 23.8 Å². The highest BCUT2D eigenvalue weighted by molar-refractivity contribution is 5.79. The molecule has 96 valence electrons. The van der Waals surface area contributed by atoms with E-state index in [1.165, 1.54) is 0 Å². The van der Waals surface area contributed by atoms with Gasteiger partial charge in [0.25, 0.3) is 0 Å². The molecule has 3 atom stereocenters. The standard InChI is InChI=1S/C12H20N2O3/c15-11(9-2-1-5-13-7-9)14-10-4-3-8(6-10)12(16)17/h8-10,13H,1-7H2,(H,14,15)(H,16,17)/t8?,9-,10?/m1/s1. The summed E-state index contributed by atoms with van der Waals surface area (Å²) in [4.78, 5) is 22.7. The smallest absolute Gasteiger partial charge is 0.306 e. The Bertz CT molecular complexity index is 300. The lowest BCUT2D eigenvalue weighted by molar-refractivity contribution is -0.141.